The number of aliphatic hydroxyl groups is 1. The molecule has 4 heteroatoms. The highest BCUT2D eigenvalue weighted by Crippen LogP contribution is 2.09. The second kappa shape index (κ2) is 13.3. The molecule has 1 atom stereocenters. The van der Waals surface area contributed by atoms with E-state index < -0.39 is 0 Å². The zero-order valence-corrected chi connectivity index (χ0v) is 12.3. The van der Waals surface area contributed by atoms with Crippen LogP contribution < -0.4 is 5.32 Å². The van der Waals surface area contributed by atoms with Gasteiger partial charge < -0.3 is 19.9 Å². The average Bonchev–Trinajstić information content (AvgIpc) is 2.35. The van der Waals surface area contributed by atoms with Crippen LogP contribution >= 0.6 is 0 Å². The molecule has 0 spiro atoms. The Bertz CT molecular complexity index is 137. The Morgan fingerprint density at radius 1 is 1.00 bits per heavy atom. The van der Waals surface area contributed by atoms with Gasteiger partial charge in [-0.3, -0.25) is 0 Å². The molecule has 0 aromatic rings. The molecule has 0 saturated heterocycles. The smallest absolute Gasteiger partial charge is 0.158 e. The van der Waals surface area contributed by atoms with Crippen LogP contribution in [0.4, 0.5) is 0 Å². The summed E-state index contributed by atoms with van der Waals surface area (Å²) in [6, 6.07) is 0. The number of rotatable bonds is 13. The van der Waals surface area contributed by atoms with Crippen molar-refractivity contribution >= 4 is 0 Å². The lowest BCUT2D eigenvalue weighted by atomic mass is 10.0. The van der Waals surface area contributed by atoms with Crippen LogP contribution in [-0.4, -0.2) is 44.3 Å². The van der Waals surface area contributed by atoms with Crippen LogP contribution in [0.1, 0.15) is 46.5 Å². The largest absolute Gasteiger partial charge is 0.396 e. The van der Waals surface area contributed by atoms with E-state index >= 15 is 0 Å². The van der Waals surface area contributed by atoms with Gasteiger partial charge in [-0.15, -0.1) is 0 Å². The third-order valence-electron chi connectivity index (χ3n) is 2.93. The maximum Gasteiger partial charge on any atom is 0.158 e. The molecule has 2 N–H and O–H groups in total. The fourth-order valence-corrected chi connectivity index (χ4v) is 2.05. The van der Waals surface area contributed by atoms with Gasteiger partial charge in [0.05, 0.1) is 0 Å². The summed E-state index contributed by atoms with van der Waals surface area (Å²) in [5.41, 5.74) is 0. The topological polar surface area (TPSA) is 50.7 Å². The van der Waals surface area contributed by atoms with Gasteiger partial charge in [0.1, 0.15) is 0 Å². The first-order valence-corrected chi connectivity index (χ1v) is 7.33. The fourth-order valence-electron chi connectivity index (χ4n) is 2.05. The number of hydrogen-bond acceptors (Lipinski definition) is 4. The van der Waals surface area contributed by atoms with Crippen molar-refractivity contribution in [3.8, 4) is 0 Å². The van der Waals surface area contributed by atoms with Gasteiger partial charge in [0.25, 0.3) is 0 Å². The van der Waals surface area contributed by atoms with E-state index in [-0.39, 0.29) is 12.9 Å². The first kappa shape index (κ1) is 17.8. The summed E-state index contributed by atoms with van der Waals surface area (Å²) in [7, 11) is 0. The third-order valence-corrected chi connectivity index (χ3v) is 2.93. The lowest BCUT2D eigenvalue weighted by Crippen LogP contribution is -2.28. The summed E-state index contributed by atoms with van der Waals surface area (Å²) < 4.78 is 11.0. The van der Waals surface area contributed by atoms with E-state index in [2.05, 4.69) is 12.2 Å². The molecule has 0 fully saturated rings. The minimum atomic E-state index is -0.0880. The van der Waals surface area contributed by atoms with Crippen molar-refractivity contribution in [3.05, 3.63) is 0 Å². The highest BCUT2D eigenvalue weighted by molar-refractivity contribution is 4.62. The highest BCUT2D eigenvalue weighted by atomic mass is 16.7. The summed E-state index contributed by atoms with van der Waals surface area (Å²) in [6.07, 6.45) is 4.02. The lowest BCUT2D eigenvalue weighted by molar-refractivity contribution is -0.138. The second-order valence-electron chi connectivity index (χ2n) is 4.50. The lowest BCUT2D eigenvalue weighted by Gasteiger charge is -2.19. The van der Waals surface area contributed by atoms with Crippen molar-refractivity contribution in [3.63, 3.8) is 0 Å². The third kappa shape index (κ3) is 9.83. The van der Waals surface area contributed by atoms with Crippen molar-refractivity contribution in [1.82, 2.24) is 5.32 Å². The van der Waals surface area contributed by atoms with Gasteiger partial charge in [0.15, 0.2) is 6.29 Å². The molecule has 0 aliphatic rings. The predicted molar refractivity (Wildman–Crippen MR) is 74.6 cm³/mol. The van der Waals surface area contributed by atoms with E-state index in [1.54, 1.807) is 0 Å². The summed E-state index contributed by atoms with van der Waals surface area (Å²) in [4.78, 5) is 0. The predicted octanol–water partition coefficient (Wildman–Crippen LogP) is 2.16. The first-order valence-electron chi connectivity index (χ1n) is 7.33. The van der Waals surface area contributed by atoms with Gasteiger partial charge in [-0.2, -0.15) is 0 Å². The zero-order chi connectivity index (χ0) is 13.6. The Morgan fingerprint density at radius 3 is 2.17 bits per heavy atom. The quantitative estimate of drug-likeness (QED) is 0.394. The van der Waals surface area contributed by atoms with E-state index in [0.717, 1.165) is 25.9 Å². The molecule has 18 heavy (non-hydrogen) atoms. The number of aliphatic hydroxyl groups excluding tert-OH is 1. The molecule has 0 aliphatic carbocycles. The number of nitrogens with one attached hydrogen (secondary N) is 1. The highest BCUT2D eigenvalue weighted by Gasteiger charge is 2.09. The second-order valence-corrected chi connectivity index (χ2v) is 4.50. The van der Waals surface area contributed by atoms with Gasteiger partial charge in [-0.1, -0.05) is 13.3 Å². The van der Waals surface area contributed by atoms with Crippen LogP contribution in [0.25, 0.3) is 0 Å². The van der Waals surface area contributed by atoms with Crippen LogP contribution in [0.2, 0.25) is 0 Å². The summed E-state index contributed by atoms with van der Waals surface area (Å²) in [5, 5.41) is 12.4. The van der Waals surface area contributed by atoms with Crippen molar-refractivity contribution in [2.75, 3.05) is 32.9 Å². The Morgan fingerprint density at radius 2 is 1.67 bits per heavy atom. The molecule has 0 heterocycles. The molecule has 0 aliphatic heterocycles. The molecule has 0 radical (unpaired) electrons. The van der Waals surface area contributed by atoms with Gasteiger partial charge in [0.2, 0.25) is 0 Å². The molecule has 0 aromatic heterocycles. The molecule has 1 unspecified atom stereocenters. The minimum Gasteiger partial charge on any atom is -0.396 e. The van der Waals surface area contributed by atoms with E-state index in [9.17, 15) is 0 Å². The van der Waals surface area contributed by atoms with Crippen molar-refractivity contribution in [1.29, 1.82) is 0 Å². The van der Waals surface area contributed by atoms with Crippen LogP contribution in [0.3, 0.4) is 0 Å². The molecular weight excluding hydrogens is 230 g/mol. The molecule has 110 valence electrons. The van der Waals surface area contributed by atoms with Gasteiger partial charge in [-0.05, 0) is 45.7 Å². The molecule has 4 nitrogen and oxygen atoms in total. The van der Waals surface area contributed by atoms with Crippen LogP contribution in [0.5, 0.6) is 0 Å². The SMILES string of the molecule is CCCC(CCO)CNCCC(OCC)OCC. The zero-order valence-electron chi connectivity index (χ0n) is 12.3. The molecule has 0 aromatic carbocycles. The molecular formula is C14H31NO3. The normalized spacial score (nSPS) is 13.2. The number of hydrogen-bond donors (Lipinski definition) is 2. The molecule has 0 saturated carbocycles. The Hall–Kier alpha value is -0.160. The van der Waals surface area contributed by atoms with E-state index in [0.29, 0.717) is 19.1 Å². The fraction of sp³-hybridized carbons (Fsp3) is 1.00. The van der Waals surface area contributed by atoms with Crippen molar-refractivity contribution < 1.29 is 14.6 Å². The van der Waals surface area contributed by atoms with Crippen LogP contribution in [-0.2, 0) is 9.47 Å². The summed E-state index contributed by atoms with van der Waals surface area (Å²) in [5.74, 6) is 0.581. The molecule has 0 amide bonds. The first-order chi connectivity index (χ1) is 8.78. The summed E-state index contributed by atoms with van der Waals surface area (Å²) >= 11 is 0. The van der Waals surface area contributed by atoms with E-state index in [1.165, 1.54) is 12.8 Å². The van der Waals surface area contributed by atoms with Crippen LogP contribution in [0.15, 0.2) is 0 Å². The van der Waals surface area contributed by atoms with Gasteiger partial charge in [0, 0.05) is 26.2 Å². The minimum absolute atomic E-state index is 0.0880. The Balaban J connectivity index is 3.66. The Kier molecular flexibility index (Phi) is 13.2. The maximum absolute atomic E-state index is 8.98. The maximum atomic E-state index is 8.98. The molecule has 0 rings (SSSR count). The van der Waals surface area contributed by atoms with Gasteiger partial charge in [-0.25, -0.2) is 0 Å². The van der Waals surface area contributed by atoms with Crippen molar-refractivity contribution in [2.24, 2.45) is 5.92 Å². The average molecular weight is 261 g/mol. The summed E-state index contributed by atoms with van der Waals surface area (Å²) in [6.45, 7) is 9.68. The number of ether oxygens (including phenoxy) is 2. The van der Waals surface area contributed by atoms with Crippen LogP contribution in [0, 0.1) is 5.92 Å². The van der Waals surface area contributed by atoms with E-state index in [4.69, 9.17) is 14.6 Å². The van der Waals surface area contributed by atoms with Gasteiger partial charge >= 0.3 is 0 Å². The molecule has 0 bridgehead atoms. The van der Waals surface area contributed by atoms with E-state index in [1.807, 2.05) is 13.8 Å². The monoisotopic (exact) mass is 261 g/mol. The Labute approximate surface area is 112 Å². The standard InChI is InChI=1S/C14H31NO3/c1-4-7-13(9-11-16)12-15-10-8-14(17-5-2)18-6-3/h13-16H,4-12H2,1-3H3. The van der Waals surface area contributed by atoms with Crippen molar-refractivity contribution in [2.45, 2.75) is 52.7 Å².